The van der Waals surface area contributed by atoms with Crippen LogP contribution in [0.1, 0.15) is 24.0 Å². The quantitative estimate of drug-likeness (QED) is 0.392. The van der Waals surface area contributed by atoms with E-state index < -0.39 is 15.1 Å². The molecule has 1 aromatic rings. The first-order chi connectivity index (χ1) is 11.7. The maximum absolute atomic E-state index is 11.7. The standard InChI is InChI=1S/C18H30O5P2/c1-5-17-8-10-18(11-9-17)16-21-12-6-7-13-22-25(19,20)23-14-15-24(2,3)4/h5,8-11H,1,6-7,12-16H2,2-4H3/p+1. The fourth-order valence-corrected chi connectivity index (χ4v) is 3.43. The van der Waals surface area contributed by atoms with Crippen molar-refractivity contribution in [3.63, 3.8) is 0 Å². The molecule has 1 N–H and O–H groups in total. The minimum Gasteiger partial charge on any atom is -0.377 e. The van der Waals surface area contributed by atoms with Gasteiger partial charge in [-0.3, -0.25) is 9.05 Å². The molecule has 0 radical (unpaired) electrons. The van der Waals surface area contributed by atoms with Crippen molar-refractivity contribution in [2.24, 2.45) is 0 Å². The van der Waals surface area contributed by atoms with Gasteiger partial charge >= 0.3 is 7.82 Å². The normalized spacial score (nSPS) is 14.2. The van der Waals surface area contributed by atoms with Gasteiger partial charge in [-0.1, -0.05) is 36.9 Å². The van der Waals surface area contributed by atoms with E-state index in [9.17, 15) is 9.46 Å². The molecule has 0 aliphatic carbocycles. The van der Waals surface area contributed by atoms with Crippen LogP contribution in [0, 0.1) is 0 Å². The van der Waals surface area contributed by atoms with Crippen LogP contribution in [0.25, 0.3) is 6.08 Å². The molecule has 0 fully saturated rings. The monoisotopic (exact) mass is 389 g/mol. The minimum absolute atomic E-state index is 0.190. The molecule has 25 heavy (non-hydrogen) atoms. The highest BCUT2D eigenvalue weighted by atomic mass is 31.2. The Labute approximate surface area is 152 Å². The van der Waals surface area contributed by atoms with E-state index in [1.54, 1.807) is 6.08 Å². The van der Waals surface area contributed by atoms with Crippen molar-refractivity contribution < 1.29 is 23.2 Å². The zero-order valence-electron chi connectivity index (χ0n) is 15.5. The molecule has 1 rings (SSSR count). The van der Waals surface area contributed by atoms with Gasteiger partial charge in [0.25, 0.3) is 0 Å². The van der Waals surface area contributed by atoms with Crippen LogP contribution in [0.5, 0.6) is 0 Å². The highest BCUT2D eigenvalue weighted by molar-refractivity contribution is 7.73. The van der Waals surface area contributed by atoms with Gasteiger partial charge in [-0.15, -0.1) is 0 Å². The van der Waals surface area contributed by atoms with Gasteiger partial charge in [0.1, 0.15) is 0 Å². The fourth-order valence-electron chi connectivity index (χ4n) is 1.89. The van der Waals surface area contributed by atoms with Crippen molar-refractivity contribution in [3.8, 4) is 0 Å². The third-order valence-electron chi connectivity index (χ3n) is 3.44. The molecular weight excluding hydrogens is 358 g/mol. The SMILES string of the molecule is C=Cc1ccc(COCCCCOP(=O)(O)OCC[P+](C)(C)C)cc1. The second kappa shape index (κ2) is 11.2. The molecule has 1 atom stereocenters. The third-order valence-corrected chi connectivity index (χ3v) is 5.98. The van der Waals surface area contributed by atoms with Gasteiger partial charge in [0, 0.05) is 33.9 Å². The molecular formula is C18H31O5P2+. The van der Waals surface area contributed by atoms with Gasteiger partial charge in [-0.2, -0.15) is 0 Å². The largest absolute Gasteiger partial charge is 0.472 e. The van der Waals surface area contributed by atoms with Crippen molar-refractivity contribution >= 4 is 21.2 Å². The Hall–Kier alpha value is -0.540. The third kappa shape index (κ3) is 11.6. The zero-order chi connectivity index (χ0) is 18.8. The summed E-state index contributed by atoms with van der Waals surface area (Å²) in [5.74, 6) is 0. The molecule has 142 valence electrons. The van der Waals surface area contributed by atoms with Gasteiger partial charge in [-0.25, -0.2) is 4.57 Å². The van der Waals surface area contributed by atoms with Crippen molar-refractivity contribution in [1.29, 1.82) is 0 Å². The second-order valence-electron chi connectivity index (χ2n) is 6.85. The molecule has 1 unspecified atom stereocenters. The number of hydrogen-bond acceptors (Lipinski definition) is 4. The van der Waals surface area contributed by atoms with E-state index in [0.717, 1.165) is 23.7 Å². The van der Waals surface area contributed by atoms with Crippen LogP contribution in [0.15, 0.2) is 30.8 Å². The predicted molar refractivity (Wildman–Crippen MR) is 107 cm³/mol. The van der Waals surface area contributed by atoms with Gasteiger partial charge < -0.3 is 9.63 Å². The average molecular weight is 389 g/mol. The molecule has 0 saturated carbocycles. The minimum atomic E-state index is -3.92. The molecule has 0 heterocycles. The number of phosphoric ester groups is 1. The topological polar surface area (TPSA) is 65.0 Å². The van der Waals surface area contributed by atoms with Crippen molar-refractivity contribution in [2.75, 3.05) is 46.0 Å². The van der Waals surface area contributed by atoms with E-state index >= 15 is 0 Å². The summed E-state index contributed by atoms with van der Waals surface area (Å²) >= 11 is 0. The summed E-state index contributed by atoms with van der Waals surface area (Å²) in [6.45, 7) is 11.8. The van der Waals surface area contributed by atoms with Gasteiger partial charge in [0.05, 0.1) is 26.0 Å². The van der Waals surface area contributed by atoms with Gasteiger partial charge in [0.15, 0.2) is 0 Å². The number of phosphoric acid groups is 1. The van der Waals surface area contributed by atoms with Crippen LogP contribution in [0.2, 0.25) is 0 Å². The molecule has 7 heteroatoms. The molecule has 0 bridgehead atoms. The van der Waals surface area contributed by atoms with E-state index in [1.165, 1.54) is 0 Å². The Morgan fingerprint density at radius 3 is 2.28 bits per heavy atom. The number of benzene rings is 1. The fraction of sp³-hybridized carbons (Fsp3) is 0.556. The summed E-state index contributed by atoms with van der Waals surface area (Å²) in [6, 6.07) is 8.03. The molecule has 1 aromatic carbocycles. The molecule has 0 aliphatic heterocycles. The first kappa shape index (κ1) is 22.5. The smallest absolute Gasteiger partial charge is 0.377 e. The van der Waals surface area contributed by atoms with Crippen LogP contribution < -0.4 is 0 Å². The van der Waals surface area contributed by atoms with E-state index in [-0.39, 0.29) is 13.2 Å². The van der Waals surface area contributed by atoms with Crippen LogP contribution in [-0.2, 0) is 25.0 Å². The maximum Gasteiger partial charge on any atom is 0.472 e. The van der Waals surface area contributed by atoms with Crippen molar-refractivity contribution in [2.45, 2.75) is 19.4 Å². The van der Waals surface area contributed by atoms with E-state index in [2.05, 4.69) is 26.6 Å². The summed E-state index contributed by atoms with van der Waals surface area (Å²) in [4.78, 5) is 9.59. The Morgan fingerprint density at radius 2 is 1.68 bits per heavy atom. The van der Waals surface area contributed by atoms with E-state index in [1.807, 2.05) is 24.3 Å². The lowest BCUT2D eigenvalue weighted by atomic mass is 10.1. The number of unbranched alkanes of at least 4 members (excludes halogenated alkanes) is 1. The number of hydrogen-bond donors (Lipinski definition) is 1. The summed E-state index contributed by atoms with van der Waals surface area (Å²) < 4.78 is 27.3. The molecule has 5 nitrogen and oxygen atoms in total. The summed E-state index contributed by atoms with van der Waals surface area (Å²) in [7, 11) is -4.93. The van der Waals surface area contributed by atoms with Gasteiger partial charge in [0.2, 0.25) is 0 Å². The Kier molecular flexibility index (Phi) is 10.1. The lowest BCUT2D eigenvalue weighted by molar-refractivity contribution is 0.108. The summed E-state index contributed by atoms with van der Waals surface area (Å²) in [5, 5.41) is 0. The zero-order valence-corrected chi connectivity index (χ0v) is 17.3. The Morgan fingerprint density at radius 1 is 1.08 bits per heavy atom. The number of ether oxygens (including phenoxy) is 1. The first-order valence-corrected chi connectivity index (χ1v) is 13.2. The molecule has 0 aliphatic rings. The first-order valence-electron chi connectivity index (χ1n) is 8.43. The second-order valence-corrected chi connectivity index (χ2v) is 13.3. The highest BCUT2D eigenvalue weighted by Gasteiger charge is 2.24. The van der Waals surface area contributed by atoms with Crippen LogP contribution in [0.3, 0.4) is 0 Å². The molecule has 0 spiro atoms. The van der Waals surface area contributed by atoms with Crippen molar-refractivity contribution in [3.05, 3.63) is 42.0 Å². The van der Waals surface area contributed by atoms with Crippen LogP contribution in [-0.4, -0.2) is 50.9 Å². The van der Waals surface area contributed by atoms with Gasteiger partial charge in [-0.05, 0) is 24.0 Å². The van der Waals surface area contributed by atoms with Crippen LogP contribution >= 0.6 is 15.1 Å². The Bertz CT molecular complexity index is 552. The molecule has 0 aromatic heterocycles. The predicted octanol–water partition coefficient (Wildman–Crippen LogP) is 4.67. The lowest BCUT2D eigenvalue weighted by Crippen LogP contribution is -2.05. The van der Waals surface area contributed by atoms with E-state index in [0.29, 0.717) is 19.6 Å². The average Bonchev–Trinajstić information content (AvgIpc) is 2.53. The lowest BCUT2D eigenvalue weighted by Gasteiger charge is -2.15. The summed E-state index contributed by atoms with van der Waals surface area (Å²) in [5.41, 5.74) is 2.19. The van der Waals surface area contributed by atoms with E-state index in [4.69, 9.17) is 13.8 Å². The Balaban J connectivity index is 2.06. The van der Waals surface area contributed by atoms with Crippen LogP contribution in [0.4, 0.5) is 0 Å². The summed E-state index contributed by atoms with van der Waals surface area (Å²) in [6.07, 6.45) is 4.02. The molecule has 0 amide bonds. The number of rotatable bonds is 13. The van der Waals surface area contributed by atoms with Crippen molar-refractivity contribution in [1.82, 2.24) is 0 Å². The molecule has 0 saturated heterocycles. The highest BCUT2D eigenvalue weighted by Crippen LogP contribution is 2.49. The maximum atomic E-state index is 11.7.